The third kappa shape index (κ3) is 13.4. The maximum absolute atomic E-state index is 10.9. The molecular formula is C32H52O12Zr. The van der Waals surface area contributed by atoms with E-state index in [1.54, 1.807) is 55.4 Å². The first-order valence-electron chi connectivity index (χ1n) is 14.9. The Labute approximate surface area is 287 Å². The predicted octanol–water partition coefficient (Wildman–Crippen LogP) is 0.524. The molecule has 0 saturated carbocycles. The van der Waals surface area contributed by atoms with Crippen LogP contribution < -0.4 is 20.4 Å². The molecule has 0 fully saturated rings. The Bertz CT molecular complexity index is 776. The van der Waals surface area contributed by atoms with Crippen molar-refractivity contribution in [2.24, 2.45) is 21.7 Å². The average Bonchev–Trinajstić information content (AvgIpc) is 2.92. The minimum Gasteiger partial charge on any atom is -0.549 e. The number of ketones is 4. The third-order valence-electron chi connectivity index (χ3n) is 9.09. The maximum Gasteiger partial charge on any atom is 4.00 e. The minimum atomic E-state index is -1.25. The summed E-state index contributed by atoms with van der Waals surface area (Å²) in [5.74, 6) is -6.29. The molecule has 0 amide bonds. The van der Waals surface area contributed by atoms with E-state index in [1.165, 1.54) is 27.7 Å². The van der Waals surface area contributed by atoms with Crippen LogP contribution in [0.2, 0.25) is 0 Å². The Kier molecular flexibility index (Phi) is 27.4. The van der Waals surface area contributed by atoms with Gasteiger partial charge in [0, 0.05) is 0 Å². The van der Waals surface area contributed by atoms with Crippen molar-refractivity contribution in [1.82, 2.24) is 0 Å². The largest absolute Gasteiger partial charge is 4.00 e. The van der Waals surface area contributed by atoms with Crippen molar-refractivity contribution in [3.05, 3.63) is 0 Å². The molecule has 0 aromatic carbocycles. The van der Waals surface area contributed by atoms with Gasteiger partial charge in [-0.15, -0.1) is 0 Å². The summed E-state index contributed by atoms with van der Waals surface area (Å²) >= 11 is 0. The molecule has 0 saturated heterocycles. The van der Waals surface area contributed by atoms with Gasteiger partial charge >= 0.3 is 26.2 Å². The van der Waals surface area contributed by atoms with Gasteiger partial charge in [0.05, 0.1) is 45.5 Å². The van der Waals surface area contributed by atoms with Crippen molar-refractivity contribution in [2.75, 3.05) is 0 Å². The van der Waals surface area contributed by atoms with E-state index in [1.807, 2.05) is 0 Å². The minimum absolute atomic E-state index is 0. The van der Waals surface area contributed by atoms with Crippen molar-refractivity contribution >= 4 is 47.0 Å². The number of carboxylic acid groups (broad SMARTS) is 4. The number of Topliss-reactive ketones (excluding diaryl/α,β-unsaturated/α-hetero) is 4. The summed E-state index contributed by atoms with van der Waals surface area (Å²) < 4.78 is 0. The Morgan fingerprint density at radius 1 is 0.333 bits per heavy atom. The van der Waals surface area contributed by atoms with Gasteiger partial charge in [-0.3, -0.25) is 19.2 Å². The summed E-state index contributed by atoms with van der Waals surface area (Å²) in [7, 11) is 0. The van der Waals surface area contributed by atoms with E-state index < -0.39 is 45.5 Å². The molecule has 0 atom stereocenters. The molecule has 0 aromatic rings. The standard InChI is InChI=1S/4C8H14O3.Zr/c4*1-4-8(5-2,6(3)9)7(10)11;/h4*4-5H2,1-3H3,(H,10,11);/q;;;;+4/p-4. The number of carbonyl (C=O) groups excluding carboxylic acids is 8. The molecule has 12 nitrogen and oxygen atoms in total. The molecule has 0 unspecified atom stereocenters. The summed E-state index contributed by atoms with van der Waals surface area (Å²) in [6.45, 7) is 18.6. The molecule has 0 radical (unpaired) electrons. The van der Waals surface area contributed by atoms with Gasteiger partial charge in [-0.2, -0.15) is 0 Å². The molecule has 0 N–H and O–H groups in total. The second-order valence-corrected chi connectivity index (χ2v) is 10.5. The molecule has 0 aliphatic carbocycles. The molecule has 0 spiro atoms. The van der Waals surface area contributed by atoms with E-state index in [9.17, 15) is 58.8 Å². The smallest absolute Gasteiger partial charge is 0.549 e. The Morgan fingerprint density at radius 2 is 0.422 bits per heavy atom. The van der Waals surface area contributed by atoms with E-state index in [4.69, 9.17) is 0 Å². The van der Waals surface area contributed by atoms with Gasteiger partial charge in [-0.25, -0.2) is 0 Å². The van der Waals surface area contributed by atoms with Crippen LogP contribution in [0.5, 0.6) is 0 Å². The monoisotopic (exact) mass is 718 g/mol. The zero-order valence-corrected chi connectivity index (χ0v) is 31.5. The van der Waals surface area contributed by atoms with Crippen LogP contribution in [0, 0.1) is 21.7 Å². The number of hydrogen-bond donors (Lipinski definition) is 0. The van der Waals surface area contributed by atoms with Gasteiger partial charge in [0.1, 0.15) is 23.1 Å². The summed E-state index contributed by atoms with van der Waals surface area (Å²) in [6, 6.07) is 0. The second-order valence-electron chi connectivity index (χ2n) is 10.5. The molecule has 0 aromatic heterocycles. The van der Waals surface area contributed by atoms with Crippen molar-refractivity contribution < 1.29 is 85.0 Å². The normalized spacial score (nSPS) is 10.9. The zero-order chi connectivity index (χ0) is 36.3. The van der Waals surface area contributed by atoms with Gasteiger partial charge in [0.15, 0.2) is 0 Å². The quantitative estimate of drug-likeness (QED) is 0.199. The first-order valence-corrected chi connectivity index (χ1v) is 14.9. The molecule has 0 heterocycles. The maximum atomic E-state index is 10.9. The number of rotatable bonds is 16. The Hall–Kier alpha value is -2.56. The SMILES string of the molecule is CCC(CC)(C(C)=O)C(=O)[O-].CCC(CC)(C(C)=O)C(=O)[O-].CCC(CC)(C(C)=O)C(=O)[O-].CCC(CC)(C(C)=O)C(=O)[O-].[Zr+4]. The molecular weight excluding hydrogens is 668 g/mol. The molecule has 256 valence electrons. The number of aliphatic carboxylic acids is 4. The van der Waals surface area contributed by atoms with Crippen molar-refractivity contribution in [1.29, 1.82) is 0 Å². The van der Waals surface area contributed by atoms with E-state index >= 15 is 0 Å². The third-order valence-corrected chi connectivity index (χ3v) is 9.09. The Balaban J connectivity index is -0.000000157. The number of carboxylic acids is 4. The van der Waals surface area contributed by atoms with Gasteiger partial charge in [0.25, 0.3) is 0 Å². The zero-order valence-electron chi connectivity index (χ0n) is 29.1. The first kappa shape index (κ1) is 52.0. The van der Waals surface area contributed by atoms with Crippen LogP contribution in [0.4, 0.5) is 0 Å². The summed E-state index contributed by atoms with van der Waals surface area (Å²) in [4.78, 5) is 86.2. The van der Waals surface area contributed by atoms with Crippen LogP contribution in [0.3, 0.4) is 0 Å². The fraction of sp³-hybridized carbons (Fsp3) is 0.750. The van der Waals surface area contributed by atoms with Gasteiger partial charge < -0.3 is 39.6 Å². The second kappa shape index (κ2) is 23.7. The van der Waals surface area contributed by atoms with Crippen molar-refractivity contribution in [3.63, 3.8) is 0 Å². The topological polar surface area (TPSA) is 229 Å². The van der Waals surface area contributed by atoms with Crippen LogP contribution in [0.1, 0.15) is 134 Å². The molecule has 0 rings (SSSR count). The summed E-state index contributed by atoms with van der Waals surface area (Å²) in [5, 5.41) is 42.4. The fourth-order valence-corrected chi connectivity index (χ4v) is 4.72. The van der Waals surface area contributed by atoms with Gasteiger partial charge in [-0.05, 0) is 79.1 Å². The van der Waals surface area contributed by atoms with E-state index in [2.05, 4.69) is 0 Å². The predicted molar refractivity (Wildman–Crippen MR) is 155 cm³/mol. The molecule has 45 heavy (non-hydrogen) atoms. The number of hydrogen-bond acceptors (Lipinski definition) is 12. The van der Waals surface area contributed by atoms with Crippen molar-refractivity contribution in [3.8, 4) is 0 Å². The van der Waals surface area contributed by atoms with Crippen LogP contribution in [-0.4, -0.2) is 47.0 Å². The summed E-state index contributed by atoms with van der Waals surface area (Å²) in [6.07, 6.45) is 2.45. The molecule has 0 bridgehead atoms. The molecule has 13 heteroatoms. The first-order chi connectivity index (χ1) is 20.0. The van der Waals surface area contributed by atoms with Gasteiger partial charge in [-0.1, -0.05) is 55.4 Å². The van der Waals surface area contributed by atoms with Crippen LogP contribution in [0.15, 0.2) is 0 Å². The van der Waals surface area contributed by atoms with Crippen LogP contribution in [-0.2, 0) is 64.6 Å². The fourth-order valence-electron chi connectivity index (χ4n) is 4.72. The van der Waals surface area contributed by atoms with Crippen LogP contribution in [0.25, 0.3) is 0 Å². The number of carbonyl (C=O) groups is 8. The van der Waals surface area contributed by atoms with E-state index in [-0.39, 0.29) is 49.3 Å². The Morgan fingerprint density at radius 3 is 0.422 bits per heavy atom. The molecule has 0 aliphatic rings. The van der Waals surface area contributed by atoms with E-state index in [0.717, 1.165) is 0 Å². The van der Waals surface area contributed by atoms with E-state index in [0.29, 0.717) is 51.4 Å². The summed E-state index contributed by atoms with van der Waals surface area (Å²) in [5.41, 5.74) is -5.00. The average molecular weight is 720 g/mol. The van der Waals surface area contributed by atoms with Gasteiger partial charge in [0.2, 0.25) is 0 Å². The molecule has 0 aliphatic heterocycles. The van der Waals surface area contributed by atoms with Crippen LogP contribution >= 0.6 is 0 Å². The van der Waals surface area contributed by atoms with Crippen molar-refractivity contribution in [2.45, 2.75) is 134 Å².